The third-order valence-electron chi connectivity index (χ3n) is 3.86. The lowest BCUT2D eigenvalue weighted by Crippen LogP contribution is -2.34. The van der Waals surface area contributed by atoms with Gasteiger partial charge < -0.3 is 14.0 Å². The number of hydrogen-bond acceptors (Lipinski definition) is 5. The predicted octanol–water partition coefficient (Wildman–Crippen LogP) is 2.83. The molecule has 0 radical (unpaired) electrons. The lowest BCUT2D eigenvalue weighted by molar-refractivity contribution is -0.123. The van der Waals surface area contributed by atoms with Gasteiger partial charge in [-0.15, -0.1) is 0 Å². The summed E-state index contributed by atoms with van der Waals surface area (Å²) in [5.74, 6) is -1.37. The van der Waals surface area contributed by atoms with E-state index in [2.05, 4.69) is 4.74 Å². The maximum atomic E-state index is 12.3. The number of imide groups is 1. The van der Waals surface area contributed by atoms with Gasteiger partial charge in [-0.25, -0.2) is 9.59 Å². The van der Waals surface area contributed by atoms with Crippen molar-refractivity contribution in [2.24, 2.45) is 0 Å². The SMILES string of the molecule is CCOC(=O)NC(=O)COC(=O)c1cc(C)n(-c2ccccc2C)c1C. The first-order valence-corrected chi connectivity index (χ1v) is 8.23. The van der Waals surface area contributed by atoms with Gasteiger partial charge in [0.2, 0.25) is 0 Å². The fraction of sp³-hybridized carbons (Fsp3) is 0.316. The van der Waals surface area contributed by atoms with Crippen LogP contribution in [0.1, 0.15) is 34.2 Å². The Balaban J connectivity index is 2.11. The molecule has 7 nitrogen and oxygen atoms in total. The number of ether oxygens (including phenoxy) is 2. The van der Waals surface area contributed by atoms with E-state index in [0.717, 1.165) is 16.9 Å². The summed E-state index contributed by atoms with van der Waals surface area (Å²) in [5, 5.41) is 1.97. The van der Waals surface area contributed by atoms with E-state index < -0.39 is 24.6 Å². The van der Waals surface area contributed by atoms with E-state index in [4.69, 9.17) is 4.74 Å². The summed E-state index contributed by atoms with van der Waals surface area (Å²) in [6.45, 7) is 6.90. The number of aromatic nitrogens is 1. The molecule has 0 bridgehead atoms. The van der Waals surface area contributed by atoms with E-state index in [1.54, 1.807) is 13.0 Å². The van der Waals surface area contributed by atoms with Gasteiger partial charge in [0, 0.05) is 17.1 Å². The second-order valence-corrected chi connectivity index (χ2v) is 5.75. The number of carbonyl (C=O) groups excluding carboxylic acids is 3. The van der Waals surface area contributed by atoms with Crippen molar-refractivity contribution in [3.8, 4) is 5.69 Å². The van der Waals surface area contributed by atoms with Crippen molar-refractivity contribution in [2.45, 2.75) is 27.7 Å². The third-order valence-corrected chi connectivity index (χ3v) is 3.86. The number of aryl methyl sites for hydroxylation is 2. The number of para-hydroxylation sites is 1. The highest BCUT2D eigenvalue weighted by atomic mass is 16.6. The van der Waals surface area contributed by atoms with Crippen molar-refractivity contribution >= 4 is 18.0 Å². The highest BCUT2D eigenvalue weighted by molar-refractivity contribution is 5.96. The van der Waals surface area contributed by atoms with Crippen LogP contribution >= 0.6 is 0 Å². The molecule has 1 aromatic heterocycles. The van der Waals surface area contributed by atoms with Crippen LogP contribution in [-0.2, 0) is 14.3 Å². The molecule has 0 atom stereocenters. The number of amides is 2. The largest absolute Gasteiger partial charge is 0.452 e. The van der Waals surface area contributed by atoms with Crippen LogP contribution in [0.2, 0.25) is 0 Å². The van der Waals surface area contributed by atoms with Crippen LogP contribution in [-0.4, -0.2) is 35.8 Å². The minimum absolute atomic E-state index is 0.143. The summed E-state index contributed by atoms with van der Waals surface area (Å²) >= 11 is 0. The lowest BCUT2D eigenvalue weighted by atomic mass is 10.2. The molecule has 0 saturated heterocycles. The van der Waals surface area contributed by atoms with Crippen LogP contribution in [0.3, 0.4) is 0 Å². The molecule has 26 heavy (non-hydrogen) atoms. The number of carbonyl (C=O) groups is 3. The van der Waals surface area contributed by atoms with Crippen molar-refractivity contribution in [1.82, 2.24) is 9.88 Å². The monoisotopic (exact) mass is 358 g/mol. The van der Waals surface area contributed by atoms with Gasteiger partial charge in [0.05, 0.1) is 12.2 Å². The van der Waals surface area contributed by atoms with Gasteiger partial charge in [-0.3, -0.25) is 10.1 Å². The van der Waals surface area contributed by atoms with E-state index in [1.807, 2.05) is 54.9 Å². The summed E-state index contributed by atoms with van der Waals surface area (Å²) in [6, 6.07) is 9.56. The van der Waals surface area contributed by atoms with E-state index in [9.17, 15) is 14.4 Å². The first-order valence-electron chi connectivity index (χ1n) is 8.23. The maximum Gasteiger partial charge on any atom is 0.413 e. The average Bonchev–Trinajstić information content (AvgIpc) is 2.88. The molecule has 2 aromatic rings. The van der Waals surface area contributed by atoms with Crippen molar-refractivity contribution in [3.05, 3.63) is 52.8 Å². The van der Waals surface area contributed by atoms with Crippen molar-refractivity contribution in [3.63, 3.8) is 0 Å². The van der Waals surface area contributed by atoms with Gasteiger partial charge in [0.1, 0.15) is 0 Å². The first kappa shape index (κ1) is 19.2. The number of alkyl carbamates (subject to hydrolysis) is 1. The molecule has 0 saturated carbocycles. The lowest BCUT2D eigenvalue weighted by Gasteiger charge is -2.12. The molecular weight excluding hydrogens is 336 g/mol. The van der Waals surface area contributed by atoms with Gasteiger partial charge in [0.25, 0.3) is 5.91 Å². The molecule has 0 spiro atoms. The Bertz CT molecular complexity index is 838. The first-order chi connectivity index (χ1) is 12.3. The number of nitrogens with one attached hydrogen (secondary N) is 1. The summed E-state index contributed by atoms with van der Waals surface area (Å²) < 4.78 is 11.6. The fourth-order valence-electron chi connectivity index (χ4n) is 2.68. The molecule has 1 N–H and O–H groups in total. The molecule has 138 valence electrons. The van der Waals surface area contributed by atoms with E-state index >= 15 is 0 Å². The highest BCUT2D eigenvalue weighted by Crippen LogP contribution is 2.23. The zero-order valence-corrected chi connectivity index (χ0v) is 15.3. The molecule has 0 fully saturated rings. The average molecular weight is 358 g/mol. The molecule has 1 aromatic carbocycles. The topological polar surface area (TPSA) is 86.6 Å². The molecular formula is C19H22N2O5. The van der Waals surface area contributed by atoms with Gasteiger partial charge in [-0.2, -0.15) is 0 Å². The highest BCUT2D eigenvalue weighted by Gasteiger charge is 2.20. The number of rotatable bonds is 5. The van der Waals surface area contributed by atoms with Crippen LogP contribution in [0.4, 0.5) is 4.79 Å². The van der Waals surface area contributed by atoms with E-state index in [-0.39, 0.29) is 6.61 Å². The quantitative estimate of drug-likeness (QED) is 0.831. The van der Waals surface area contributed by atoms with Crippen LogP contribution in [0, 0.1) is 20.8 Å². The number of hydrogen-bond donors (Lipinski definition) is 1. The zero-order valence-electron chi connectivity index (χ0n) is 15.3. The van der Waals surface area contributed by atoms with Gasteiger partial charge in [-0.05, 0) is 45.4 Å². The number of benzene rings is 1. The van der Waals surface area contributed by atoms with Crippen molar-refractivity contribution in [1.29, 1.82) is 0 Å². The van der Waals surface area contributed by atoms with E-state index in [1.165, 1.54) is 0 Å². The molecule has 0 unspecified atom stereocenters. The molecule has 2 amide bonds. The Labute approximate surface area is 151 Å². The smallest absolute Gasteiger partial charge is 0.413 e. The zero-order chi connectivity index (χ0) is 19.3. The van der Waals surface area contributed by atoms with Gasteiger partial charge in [0.15, 0.2) is 6.61 Å². The fourth-order valence-corrected chi connectivity index (χ4v) is 2.68. The summed E-state index contributed by atoms with van der Waals surface area (Å²) in [6.07, 6.45) is -0.869. The van der Waals surface area contributed by atoms with Gasteiger partial charge >= 0.3 is 12.1 Å². The van der Waals surface area contributed by atoms with Crippen LogP contribution in [0.15, 0.2) is 30.3 Å². The molecule has 0 aliphatic rings. The Kier molecular flexibility index (Phi) is 6.16. The van der Waals surface area contributed by atoms with Crippen LogP contribution < -0.4 is 5.32 Å². The molecule has 1 heterocycles. The summed E-state index contributed by atoms with van der Waals surface area (Å²) in [7, 11) is 0. The standard InChI is InChI=1S/C19H22N2O5/c1-5-25-19(24)20-17(22)11-26-18(23)15-10-13(3)21(14(15)4)16-9-7-6-8-12(16)2/h6-10H,5,11H2,1-4H3,(H,20,22,24). The predicted molar refractivity (Wildman–Crippen MR) is 95.4 cm³/mol. The number of nitrogens with zero attached hydrogens (tertiary/aromatic N) is 1. The van der Waals surface area contributed by atoms with Gasteiger partial charge in [-0.1, -0.05) is 18.2 Å². The Morgan fingerprint density at radius 2 is 1.77 bits per heavy atom. The van der Waals surface area contributed by atoms with Crippen LogP contribution in [0.5, 0.6) is 0 Å². The summed E-state index contributed by atoms with van der Waals surface area (Å²) in [5.41, 5.74) is 4.01. The van der Waals surface area contributed by atoms with E-state index in [0.29, 0.717) is 11.3 Å². The Morgan fingerprint density at radius 3 is 2.42 bits per heavy atom. The minimum Gasteiger partial charge on any atom is -0.452 e. The second-order valence-electron chi connectivity index (χ2n) is 5.75. The molecule has 7 heteroatoms. The Morgan fingerprint density at radius 1 is 1.08 bits per heavy atom. The molecule has 0 aliphatic carbocycles. The normalized spacial score (nSPS) is 10.3. The van der Waals surface area contributed by atoms with Crippen molar-refractivity contribution in [2.75, 3.05) is 13.2 Å². The Hall–Kier alpha value is -3.09. The van der Waals surface area contributed by atoms with Crippen molar-refractivity contribution < 1.29 is 23.9 Å². The second kappa shape index (κ2) is 8.33. The molecule has 0 aliphatic heterocycles. The summed E-state index contributed by atoms with van der Waals surface area (Å²) in [4.78, 5) is 35.1. The minimum atomic E-state index is -0.869. The third kappa shape index (κ3) is 4.30. The maximum absolute atomic E-state index is 12.3. The van der Waals surface area contributed by atoms with Crippen LogP contribution in [0.25, 0.3) is 5.69 Å². The number of esters is 1. The molecule has 2 rings (SSSR count).